The van der Waals surface area contributed by atoms with Gasteiger partial charge in [-0.05, 0) is 24.7 Å². The van der Waals surface area contributed by atoms with E-state index in [0.717, 1.165) is 0 Å². The summed E-state index contributed by atoms with van der Waals surface area (Å²) in [5, 5.41) is 0. The maximum absolute atomic E-state index is 13.8. The third-order valence-corrected chi connectivity index (χ3v) is 5.71. The minimum absolute atomic E-state index is 0.0458. The first-order valence-electron chi connectivity index (χ1n) is 9.18. The zero-order valence-electron chi connectivity index (χ0n) is 16.4. The van der Waals surface area contributed by atoms with E-state index in [9.17, 15) is 75.0 Å². The van der Waals surface area contributed by atoms with Crippen LogP contribution in [0.25, 0.3) is 0 Å². The summed E-state index contributed by atoms with van der Waals surface area (Å²) in [4.78, 5) is 11.8. The van der Waals surface area contributed by atoms with Gasteiger partial charge in [0.15, 0.2) is 6.61 Å². The highest BCUT2D eigenvalue weighted by molar-refractivity contribution is 5.74. The highest BCUT2D eigenvalue weighted by Gasteiger charge is 2.93. The van der Waals surface area contributed by atoms with Gasteiger partial charge in [0.2, 0.25) is 0 Å². The molecule has 0 aromatic carbocycles. The van der Waals surface area contributed by atoms with Crippen molar-refractivity contribution in [1.29, 1.82) is 0 Å². The molecular formula is C17H12F16O2. The van der Waals surface area contributed by atoms with E-state index in [4.69, 9.17) is 0 Å². The largest absolute Gasteiger partial charge is 0.459 e. The second-order valence-corrected chi connectivity index (χ2v) is 7.99. The molecule has 2 rings (SSSR count). The van der Waals surface area contributed by atoms with Crippen molar-refractivity contribution in [3.63, 3.8) is 0 Å². The van der Waals surface area contributed by atoms with Crippen molar-refractivity contribution in [3.8, 4) is 0 Å². The average Bonchev–Trinajstić information content (AvgIpc) is 3.34. The van der Waals surface area contributed by atoms with E-state index in [1.54, 1.807) is 6.08 Å². The van der Waals surface area contributed by atoms with E-state index >= 15 is 0 Å². The van der Waals surface area contributed by atoms with Crippen LogP contribution in [0.3, 0.4) is 0 Å². The molecule has 2 nitrogen and oxygen atoms in total. The Morgan fingerprint density at radius 2 is 1.17 bits per heavy atom. The summed E-state index contributed by atoms with van der Waals surface area (Å²) in [7, 11) is 0. The number of rotatable bonds is 10. The number of hydrogen-bond acceptors (Lipinski definition) is 2. The van der Waals surface area contributed by atoms with Crippen LogP contribution in [0.2, 0.25) is 0 Å². The molecule has 2 aliphatic carbocycles. The van der Waals surface area contributed by atoms with Crippen LogP contribution in [0.1, 0.15) is 12.8 Å². The van der Waals surface area contributed by atoms with Gasteiger partial charge in [-0.25, -0.2) is 8.78 Å². The van der Waals surface area contributed by atoms with Gasteiger partial charge in [-0.15, -0.1) is 0 Å². The number of halogens is 16. The van der Waals surface area contributed by atoms with Crippen molar-refractivity contribution >= 4 is 5.97 Å². The molecule has 18 heteroatoms. The van der Waals surface area contributed by atoms with E-state index in [1.165, 1.54) is 6.08 Å². The molecule has 0 aromatic heterocycles. The van der Waals surface area contributed by atoms with Crippen molar-refractivity contribution in [3.05, 3.63) is 12.2 Å². The molecule has 204 valence electrons. The van der Waals surface area contributed by atoms with Crippen LogP contribution in [0.15, 0.2) is 12.2 Å². The zero-order valence-corrected chi connectivity index (χ0v) is 16.4. The molecule has 0 amide bonds. The van der Waals surface area contributed by atoms with Gasteiger partial charge >= 0.3 is 53.9 Å². The molecule has 3 unspecified atom stereocenters. The monoisotopic (exact) mass is 552 g/mol. The first kappa shape index (κ1) is 29.3. The molecule has 0 radical (unpaired) electrons. The van der Waals surface area contributed by atoms with Crippen LogP contribution in [-0.4, -0.2) is 60.5 Å². The first-order chi connectivity index (χ1) is 15.4. The first-order valence-corrected chi connectivity index (χ1v) is 9.18. The van der Waals surface area contributed by atoms with E-state index in [2.05, 4.69) is 4.74 Å². The second-order valence-electron chi connectivity index (χ2n) is 7.99. The van der Waals surface area contributed by atoms with Crippen molar-refractivity contribution in [2.24, 2.45) is 17.8 Å². The summed E-state index contributed by atoms with van der Waals surface area (Å²) in [6.07, 6.45) is -2.61. The Balaban J connectivity index is 2.32. The summed E-state index contributed by atoms with van der Waals surface area (Å²) in [6, 6.07) is 0. The van der Waals surface area contributed by atoms with Crippen LogP contribution < -0.4 is 0 Å². The topological polar surface area (TPSA) is 26.3 Å². The van der Waals surface area contributed by atoms with Crippen molar-refractivity contribution in [1.82, 2.24) is 0 Å². The van der Waals surface area contributed by atoms with Gasteiger partial charge in [0, 0.05) is 0 Å². The van der Waals surface area contributed by atoms with Crippen LogP contribution >= 0.6 is 0 Å². The number of fused-ring (bicyclic) bond motifs is 2. The van der Waals surface area contributed by atoms with Gasteiger partial charge in [0.05, 0.1) is 5.92 Å². The second kappa shape index (κ2) is 8.31. The van der Waals surface area contributed by atoms with Crippen molar-refractivity contribution in [2.75, 3.05) is 6.61 Å². The maximum atomic E-state index is 13.8. The summed E-state index contributed by atoms with van der Waals surface area (Å²) < 4.78 is 216. The highest BCUT2D eigenvalue weighted by Crippen LogP contribution is 2.62. The van der Waals surface area contributed by atoms with Gasteiger partial charge < -0.3 is 4.74 Å². The Morgan fingerprint density at radius 1 is 0.714 bits per heavy atom. The smallest absolute Gasteiger partial charge is 0.385 e. The lowest BCUT2D eigenvalue weighted by molar-refractivity contribution is -0.447. The minimum Gasteiger partial charge on any atom is -0.459 e. The van der Waals surface area contributed by atoms with Gasteiger partial charge in [-0.2, -0.15) is 61.5 Å². The average molecular weight is 552 g/mol. The number of hydrogen-bond donors (Lipinski definition) is 0. The fraction of sp³-hybridized carbons (Fsp3) is 0.824. The Labute approximate surface area is 184 Å². The van der Waals surface area contributed by atoms with E-state index < -0.39 is 72.3 Å². The lowest BCUT2D eigenvalue weighted by Crippen LogP contribution is -2.74. The maximum Gasteiger partial charge on any atom is 0.385 e. The molecule has 2 aliphatic rings. The van der Waals surface area contributed by atoms with Crippen LogP contribution in [0.5, 0.6) is 0 Å². The predicted molar refractivity (Wildman–Crippen MR) is 80.4 cm³/mol. The molecule has 0 spiro atoms. The normalized spacial score (nSPS) is 24.4. The lowest BCUT2D eigenvalue weighted by Gasteiger charge is -2.42. The molecule has 0 N–H and O–H groups in total. The van der Waals surface area contributed by atoms with Gasteiger partial charge in [-0.1, -0.05) is 12.2 Å². The summed E-state index contributed by atoms with van der Waals surface area (Å²) in [5.41, 5.74) is 0. The molecule has 0 saturated heterocycles. The van der Waals surface area contributed by atoms with Crippen LogP contribution in [-0.2, 0) is 9.53 Å². The number of alkyl halides is 16. The molecule has 3 atom stereocenters. The van der Waals surface area contributed by atoms with Crippen molar-refractivity contribution < 1.29 is 79.8 Å². The quantitative estimate of drug-likeness (QED) is 0.177. The number of esters is 1. The number of carbonyl (C=O) groups excluding carboxylic acids is 1. The van der Waals surface area contributed by atoms with Gasteiger partial charge in [0.1, 0.15) is 0 Å². The molecule has 35 heavy (non-hydrogen) atoms. The Hall–Kier alpha value is -1.91. The fourth-order valence-electron chi connectivity index (χ4n) is 3.58. The molecule has 1 saturated carbocycles. The van der Waals surface area contributed by atoms with Gasteiger partial charge in [-0.3, -0.25) is 4.79 Å². The van der Waals surface area contributed by atoms with Crippen molar-refractivity contribution in [2.45, 2.75) is 60.7 Å². The van der Waals surface area contributed by atoms with Crippen LogP contribution in [0, 0.1) is 17.8 Å². The van der Waals surface area contributed by atoms with Crippen LogP contribution in [0.4, 0.5) is 70.2 Å². The summed E-state index contributed by atoms with van der Waals surface area (Å²) >= 11 is 0. The predicted octanol–water partition coefficient (Wildman–Crippen LogP) is 6.45. The SMILES string of the molecule is O=C(OCC(F)(F)C(F)(F)C(F)(F)C(F)(F)C(F)(F)C(F)(F)C(F)(F)C(F)F)C1CC2C=CC1C2. The Kier molecular flexibility index (Phi) is 6.96. The van der Waals surface area contributed by atoms with E-state index in [-0.39, 0.29) is 12.3 Å². The number of ether oxygens (including phenoxy) is 1. The molecule has 0 aliphatic heterocycles. The zero-order chi connectivity index (χ0) is 27.6. The minimum atomic E-state index is -8.46. The Bertz CT molecular complexity index is 849. The van der Waals surface area contributed by atoms with E-state index in [1.807, 2.05) is 0 Å². The molecule has 1 fully saturated rings. The highest BCUT2D eigenvalue weighted by atomic mass is 19.4. The molecule has 0 heterocycles. The lowest BCUT2D eigenvalue weighted by atomic mass is 9.89. The van der Waals surface area contributed by atoms with E-state index in [0.29, 0.717) is 6.42 Å². The Morgan fingerprint density at radius 3 is 1.57 bits per heavy atom. The van der Waals surface area contributed by atoms with Gasteiger partial charge in [0.25, 0.3) is 0 Å². The molecule has 2 bridgehead atoms. The number of carbonyl (C=O) groups is 1. The third kappa shape index (κ3) is 4.01. The molecule has 0 aromatic rings. The molecular weight excluding hydrogens is 540 g/mol. The number of allylic oxidation sites excluding steroid dienone is 2. The fourth-order valence-corrected chi connectivity index (χ4v) is 3.58. The summed E-state index contributed by atoms with van der Waals surface area (Å²) in [6.45, 7) is -3.13. The standard InChI is InChI=1S/C17H12F16O2/c18-10(19)12(22,23)14(26,27)16(30,31)17(32,33)15(28,29)13(24,25)11(20,21)5-35-9(34)8-4-6-1-2-7(8)3-6/h1-2,6-8,10H,3-5H2. The summed E-state index contributed by atoms with van der Waals surface area (Å²) in [5.74, 6) is -58.9. The third-order valence-electron chi connectivity index (χ3n) is 5.71.